The summed E-state index contributed by atoms with van der Waals surface area (Å²) in [5.74, 6) is 0.715. The lowest BCUT2D eigenvalue weighted by Gasteiger charge is -2.49. The molecule has 1 amide bonds. The Morgan fingerprint density at radius 3 is 2.39 bits per heavy atom. The summed E-state index contributed by atoms with van der Waals surface area (Å²) in [5, 5.41) is 0. The molecule has 102 valence electrons. The van der Waals surface area contributed by atoms with Gasteiger partial charge in [-0.15, -0.1) is 0 Å². The lowest BCUT2D eigenvalue weighted by Crippen LogP contribution is -2.62. The summed E-state index contributed by atoms with van der Waals surface area (Å²) in [4.78, 5) is 17.4. The van der Waals surface area contributed by atoms with Gasteiger partial charge in [0.15, 0.2) is 0 Å². The first-order valence-electron chi connectivity index (χ1n) is 6.66. The Bertz CT molecular complexity index is 365. The molecule has 2 aliphatic rings. The van der Waals surface area contributed by atoms with Gasteiger partial charge in [-0.1, -0.05) is 19.1 Å². The van der Waals surface area contributed by atoms with E-state index in [0.717, 1.165) is 32.5 Å². The Morgan fingerprint density at radius 2 is 1.94 bits per heavy atom. The first-order valence-corrected chi connectivity index (χ1v) is 7.07. The van der Waals surface area contributed by atoms with Crippen LogP contribution in [0.3, 0.4) is 0 Å². The molecule has 0 aromatic carbocycles. The Hall–Kier alpha value is -0.680. The zero-order valence-corrected chi connectivity index (χ0v) is 12.3. The molecule has 2 rings (SSSR count). The molecule has 5 heteroatoms. The van der Waals surface area contributed by atoms with Crippen molar-refractivity contribution in [1.29, 1.82) is 0 Å². The number of rotatable bonds is 2. The van der Waals surface area contributed by atoms with Crippen LogP contribution < -0.4 is 5.73 Å². The highest BCUT2D eigenvalue weighted by atomic mass is 32.1. The van der Waals surface area contributed by atoms with E-state index in [-0.39, 0.29) is 11.9 Å². The standard InChI is InChI=1S/C13H23N3OS/c1-9-6-13(7-9,11(14)18)12(17)16-5-4-15(3)8-10(16)2/h9-10H,4-8H2,1-3H3,(H2,14,18). The van der Waals surface area contributed by atoms with Gasteiger partial charge in [-0.3, -0.25) is 4.79 Å². The highest BCUT2D eigenvalue weighted by Gasteiger charge is 2.53. The van der Waals surface area contributed by atoms with Crippen LogP contribution in [-0.2, 0) is 4.79 Å². The number of carbonyl (C=O) groups is 1. The molecule has 1 aliphatic carbocycles. The van der Waals surface area contributed by atoms with E-state index in [0.29, 0.717) is 10.9 Å². The number of hydrogen-bond donors (Lipinski definition) is 1. The third-order valence-electron chi connectivity index (χ3n) is 4.37. The second kappa shape index (κ2) is 4.78. The first kappa shape index (κ1) is 13.7. The summed E-state index contributed by atoms with van der Waals surface area (Å²) in [6.07, 6.45) is 1.64. The summed E-state index contributed by atoms with van der Waals surface area (Å²) in [6, 6.07) is 0.249. The molecule has 18 heavy (non-hydrogen) atoms. The van der Waals surface area contributed by atoms with Gasteiger partial charge in [0.05, 0.1) is 10.4 Å². The van der Waals surface area contributed by atoms with Crippen LogP contribution in [0.25, 0.3) is 0 Å². The predicted molar refractivity (Wildman–Crippen MR) is 76.3 cm³/mol. The number of piperazine rings is 1. The van der Waals surface area contributed by atoms with Crippen LogP contribution in [0.4, 0.5) is 0 Å². The molecule has 0 radical (unpaired) electrons. The Labute approximate surface area is 114 Å². The van der Waals surface area contributed by atoms with E-state index >= 15 is 0 Å². The molecular weight excluding hydrogens is 246 g/mol. The molecule has 2 fully saturated rings. The molecule has 1 atom stereocenters. The molecule has 1 saturated heterocycles. The largest absolute Gasteiger partial charge is 0.392 e. The molecule has 1 unspecified atom stereocenters. The summed E-state index contributed by atoms with van der Waals surface area (Å²) in [7, 11) is 2.09. The molecule has 1 heterocycles. The monoisotopic (exact) mass is 269 g/mol. The van der Waals surface area contributed by atoms with Gasteiger partial charge in [0, 0.05) is 25.7 Å². The topological polar surface area (TPSA) is 49.6 Å². The van der Waals surface area contributed by atoms with E-state index in [1.54, 1.807) is 0 Å². The maximum absolute atomic E-state index is 12.7. The average molecular weight is 269 g/mol. The van der Waals surface area contributed by atoms with Crippen molar-refractivity contribution in [1.82, 2.24) is 9.80 Å². The van der Waals surface area contributed by atoms with E-state index in [2.05, 4.69) is 25.8 Å². The van der Waals surface area contributed by atoms with Gasteiger partial charge in [0.2, 0.25) is 5.91 Å². The van der Waals surface area contributed by atoms with Crippen molar-refractivity contribution < 1.29 is 4.79 Å². The predicted octanol–water partition coefficient (Wildman–Crippen LogP) is 0.851. The van der Waals surface area contributed by atoms with Crippen molar-refractivity contribution in [2.24, 2.45) is 17.1 Å². The maximum atomic E-state index is 12.7. The number of nitrogens with two attached hydrogens (primary N) is 1. The molecular formula is C13H23N3OS. The molecule has 1 aliphatic heterocycles. The third-order valence-corrected chi connectivity index (χ3v) is 4.76. The number of carbonyl (C=O) groups excluding carboxylic acids is 1. The lowest BCUT2D eigenvalue weighted by molar-refractivity contribution is -0.148. The van der Waals surface area contributed by atoms with Crippen LogP contribution in [-0.4, -0.2) is 53.4 Å². The second-order valence-corrected chi connectivity index (χ2v) is 6.51. The first-order chi connectivity index (χ1) is 8.36. The zero-order chi connectivity index (χ0) is 13.5. The third kappa shape index (κ3) is 2.14. The summed E-state index contributed by atoms with van der Waals surface area (Å²) < 4.78 is 0. The fraction of sp³-hybridized carbons (Fsp3) is 0.846. The van der Waals surface area contributed by atoms with Crippen LogP contribution in [0.15, 0.2) is 0 Å². The maximum Gasteiger partial charge on any atom is 0.235 e. The van der Waals surface area contributed by atoms with Gasteiger partial charge < -0.3 is 15.5 Å². The smallest absolute Gasteiger partial charge is 0.235 e. The zero-order valence-electron chi connectivity index (χ0n) is 11.5. The van der Waals surface area contributed by atoms with Crippen molar-refractivity contribution in [2.45, 2.75) is 32.7 Å². The molecule has 2 N–H and O–H groups in total. The van der Waals surface area contributed by atoms with Crippen molar-refractivity contribution in [3.8, 4) is 0 Å². The minimum absolute atomic E-state index is 0.161. The van der Waals surface area contributed by atoms with Crippen molar-refractivity contribution in [3.63, 3.8) is 0 Å². The van der Waals surface area contributed by atoms with Crippen molar-refractivity contribution in [3.05, 3.63) is 0 Å². The summed E-state index contributed by atoms with van der Waals surface area (Å²) in [6.45, 7) is 6.89. The summed E-state index contributed by atoms with van der Waals surface area (Å²) in [5.41, 5.74) is 5.31. The molecule has 0 aromatic rings. The number of nitrogens with zero attached hydrogens (tertiary/aromatic N) is 2. The SMILES string of the molecule is CC1CC(C(=O)N2CCN(C)CC2C)(C(N)=S)C1. The fourth-order valence-electron chi connectivity index (χ4n) is 3.33. The Morgan fingerprint density at radius 1 is 1.33 bits per heavy atom. The van der Waals surface area contributed by atoms with Crippen LogP contribution in [0, 0.1) is 11.3 Å². The highest BCUT2D eigenvalue weighted by molar-refractivity contribution is 7.80. The number of thiocarbonyl (C=S) groups is 1. The molecule has 4 nitrogen and oxygen atoms in total. The second-order valence-electron chi connectivity index (χ2n) is 6.07. The summed E-state index contributed by atoms with van der Waals surface area (Å²) >= 11 is 5.16. The van der Waals surface area contributed by atoms with Gasteiger partial charge in [0.1, 0.15) is 0 Å². The Balaban J connectivity index is 2.13. The van der Waals surface area contributed by atoms with Crippen LogP contribution in [0.1, 0.15) is 26.7 Å². The van der Waals surface area contributed by atoms with E-state index in [9.17, 15) is 4.79 Å². The molecule has 0 spiro atoms. The minimum atomic E-state index is -0.543. The number of hydrogen-bond acceptors (Lipinski definition) is 3. The van der Waals surface area contributed by atoms with Gasteiger partial charge in [-0.25, -0.2) is 0 Å². The van der Waals surface area contributed by atoms with Crippen LogP contribution >= 0.6 is 12.2 Å². The Kier molecular flexibility index (Phi) is 3.65. The fourth-order valence-corrected chi connectivity index (χ4v) is 3.58. The molecule has 0 aromatic heterocycles. The van der Waals surface area contributed by atoms with Crippen LogP contribution in [0.5, 0.6) is 0 Å². The number of amides is 1. The van der Waals surface area contributed by atoms with Crippen molar-refractivity contribution in [2.75, 3.05) is 26.7 Å². The minimum Gasteiger partial charge on any atom is -0.392 e. The van der Waals surface area contributed by atoms with E-state index < -0.39 is 5.41 Å². The highest BCUT2D eigenvalue weighted by Crippen LogP contribution is 2.47. The number of likely N-dealkylation sites (N-methyl/N-ethyl adjacent to an activating group) is 1. The normalized spacial score (nSPS) is 37.2. The van der Waals surface area contributed by atoms with Gasteiger partial charge in [0.25, 0.3) is 0 Å². The quantitative estimate of drug-likeness (QED) is 0.755. The lowest BCUT2D eigenvalue weighted by atomic mass is 9.61. The van der Waals surface area contributed by atoms with E-state index in [4.69, 9.17) is 18.0 Å². The van der Waals surface area contributed by atoms with Crippen LogP contribution in [0.2, 0.25) is 0 Å². The van der Waals surface area contributed by atoms with E-state index in [1.807, 2.05) is 4.90 Å². The van der Waals surface area contributed by atoms with Crippen molar-refractivity contribution >= 4 is 23.1 Å². The van der Waals surface area contributed by atoms with Gasteiger partial charge in [-0.05, 0) is 32.7 Å². The van der Waals surface area contributed by atoms with E-state index in [1.165, 1.54) is 0 Å². The molecule has 1 saturated carbocycles. The average Bonchev–Trinajstić information content (AvgIpc) is 2.23. The van der Waals surface area contributed by atoms with Gasteiger partial charge in [-0.2, -0.15) is 0 Å². The van der Waals surface area contributed by atoms with Gasteiger partial charge >= 0.3 is 0 Å². The molecule has 0 bridgehead atoms.